The van der Waals surface area contributed by atoms with Crippen LogP contribution in [-0.4, -0.2) is 185 Å². The van der Waals surface area contributed by atoms with Gasteiger partial charge < -0.3 is 80.6 Å². The Labute approximate surface area is 533 Å². The molecule has 0 saturated carbocycles. The second-order valence-electron chi connectivity index (χ2n) is 22.2. The van der Waals surface area contributed by atoms with Crippen LogP contribution in [0.15, 0.2) is 109 Å². The minimum atomic E-state index is -1.18. The van der Waals surface area contributed by atoms with Crippen LogP contribution in [0.2, 0.25) is 0 Å². The van der Waals surface area contributed by atoms with E-state index in [0.29, 0.717) is 52.1 Å². The molecular formula is C63H73ClN12O16. The fourth-order valence-corrected chi connectivity index (χ4v) is 10.6. The number of carbonyl (C=O) groups excluding carboxylic acids is 10. The van der Waals surface area contributed by atoms with Crippen molar-refractivity contribution in [3.05, 3.63) is 131 Å². The second-order valence-corrected chi connectivity index (χ2v) is 22.5. The molecule has 28 nitrogen and oxygen atoms in total. The molecule has 0 unspecified atom stereocenters. The number of amides is 11. The standard InChI is InChI=1S/C63H73ClN12O16/c1-37(2)55(71-61(86)90-29-26-75-51(79)20-21-52(75)80)58(83)70-46(9-6-22-66-60(65)85)57(82)67-42-14-10-39(11-15-42)36-91-62(87)72(4)23-24-73(25-28-89-30-27-77)63(88)92-49-31-48-54(53-38(3)7-5-8-45(49)53)41(32-64)33-76(48)59(84)47-35-74-34-43(16-19-50(74)69-47)68-56(81)40-12-17-44(78)18-13-40/h5,7-8,10-12,14-17,19-21,31,34-35,37,41,46,55,77-78H,6,9,13,18,22-30,32-33,36H2,1-4H3,(H,67,82)(H,68,81)(H,70,83)(H,71,86)(H3,65,66,85)/t41-,46+,55+/m1/s1. The molecule has 0 saturated heterocycles. The zero-order valence-corrected chi connectivity index (χ0v) is 51.9. The Morgan fingerprint density at radius 3 is 2.29 bits per heavy atom. The van der Waals surface area contributed by atoms with Gasteiger partial charge >= 0.3 is 24.3 Å². The van der Waals surface area contributed by atoms with E-state index in [-0.39, 0.29) is 120 Å². The van der Waals surface area contributed by atoms with E-state index in [0.717, 1.165) is 33.6 Å². The molecule has 0 fully saturated rings. The van der Waals surface area contributed by atoms with Gasteiger partial charge in [-0.25, -0.2) is 24.2 Å². The van der Waals surface area contributed by atoms with Gasteiger partial charge in [0.05, 0.1) is 43.5 Å². The number of anilines is 3. The van der Waals surface area contributed by atoms with Crippen LogP contribution in [0.25, 0.3) is 16.4 Å². The van der Waals surface area contributed by atoms with E-state index in [1.165, 1.54) is 22.9 Å². The van der Waals surface area contributed by atoms with Gasteiger partial charge in [-0.15, -0.1) is 11.6 Å². The lowest BCUT2D eigenvalue weighted by molar-refractivity contribution is -0.137. The number of nitrogens with one attached hydrogen (secondary N) is 5. The first-order valence-electron chi connectivity index (χ1n) is 29.7. The lowest BCUT2D eigenvalue weighted by Gasteiger charge is -2.26. The molecule has 5 aromatic rings. The molecule has 29 heteroatoms. The van der Waals surface area contributed by atoms with Crippen molar-refractivity contribution in [3.63, 3.8) is 0 Å². The number of hydrogen-bond acceptors (Lipinski definition) is 17. The number of benzene rings is 3. The smallest absolute Gasteiger partial charge is 0.415 e. The average Bonchev–Trinajstić information content (AvgIpc) is 1.59. The topological polar surface area (TPSA) is 365 Å². The lowest BCUT2D eigenvalue weighted by atomic mass is 9.92. The highest BCUT2D eigenvalue weighted by Crippen LogP contribution is 2.47. The largest absolute Gasteiger partial charge is 0.512 e. The summed E-state index contributed by atoms with van der Waals surface area (Å²) < 4.78 is 24.1. The first kappa shape index (κ1) is 67.9. The molecular weight excluding hydrogens is 1220 g/mol. The monoisotopic (exact) mass is 1290 g/mol. The highest BCUT2D eigenvalue weighted by molar-refractivity contribution is 6.19. The summed E-state index contributed by atoms with van der Waals surface area (Å²) in [6, 6.07) is 13.7. The van der Waals surface area contributed by atoms with Crippen molar-refractivity contribution in [1.29, 1.82) is 0 Å². The predicted octanol–water partition coefficient (Wildman–Crippen LogP) is 5.51. The highest BCUT2D eigenvalue weighted by atomic mass is 35.5. The Morgan fingerprint density at radius 2 is 1.60 bits per heavy atom. The molecule has 3 aromatic carbocycles. The third-order valence-corrected chi connectivity index (χ3v) is 15.7. The molecule has 2 aromatic heterocycles. The third-order valence-electron chi connectivity index (χ3n) is 15.3. The van der Waals surface area contributed by atoms with Crippen LogP contribution in [0.1, 0.15) is 72.6 Å². The molecule has 3 atom stereocenters. The van der Waals surface area contributed by atoms with E-state index < -0.39 is 71.8 Å². The van der Waals surface area contributed by atoms with Crippen LogP contribution in [0.3, 0.4) is 0 Å². The van der Waals surface area contributed by atoms with Gasteiger partial charge in [0.1, 0.15) is 42.4 Å². The van der Waals surface area contributed by atoms with Crippen molar-refractivity contribution in [2.24, 2.45) is 11.7 Å². The van der Waals surface area contributed by atoms with Gasteiger partial charge in [0.2, 0.25) is 11.8 Å². The van der Waals surface area contributed by atoms with Gasteiger partial charge in [0, 0.05) is 105 Å². The number of imidazole rings is 1. The number of nitrogens with zero attached hydrogens (tertiary/aromatic N) is 6. The van der Waals surface area contributed by atoms with Crippen molar-refractivity contribution >= 4 is 105 Å². The van der Waals surface area contributed by atoms with Gasteiger partial charge in [-0.1, -0.05) is 50.3 Å². The first-order valence-corrected chi connectivity index (χ1v) is 30.2. The lowest BCUT2D eigenvalue weighted by Crippen LogP contribution is -2.54. The van der Waals surface area contributed by atoms with Crippen molar-refractivity contribution < 1.29 is 77.1 Å². The number of primary amides is 1. The summed E-state index contributed by atoms with van der Waals surface area (Å²) in [6.07, 6.45) is 6.91. The number of aliphatic hydroxyl groups is 2. The fraction of sp³-hybridized carbons (Fsp3) is 0.381. The molecule has 2 aliphatic heterocycles. The Bertz CT molecular complexity index is 3700. The number of urea groups is 1. The quantitative estimate of drug-likeness (QED) is 0.0174. The molecule has 0 spiro atoms. The van der Waals surface area contributed by atoms with Crippen molar-refractivity contribution in [2.45, 2.75) is 71.1 Å². The summed E-state index contributed by atoms with van der Waals surface area (Å²) in [5, 5.41) is 33.7. The number of fused-ring (bicyclic) bond motifs is 4. The van der Waals surface area contributed by atoms with Crippen LogP contribution >= 0.6 is 11.6 Å². The van der Waals surface area contributed by atoms with E-state index in [9.17, 15) is 58.2 Å². The number of pyridine rings is 1. The Morgan fingerprint density at radius 1 is 0.848 bits per heavy atom. The SMILES string of the molecule is Cc1cccc2c(OC(=O)N(CCOCCO)CCN(C)C(=O)OCc3ccc(NC(=O)[C@H](CCCNC(N)=O)NC(=O)[C@@H](NC(=O)OCCN4C(=O)C=CC4=O)C(C)C)cc3)cc3c(c12)[C@H](CCl)CN3C(=O)c1cn2cc(NC(=O)C3=CC=C(O)CC3)ccc2n1. The summed E-state index contributed by atoms with van der Waals surface area (Å²) >= 11 is 6.65. The van der Waals surface area contributed by atoms with Gasteiger partial charge in [-0.3, -0.25) is 33.7 Å². The van der Waals surface area contributed by atoms with Gasteiger partial charge in [0.25, 0.3) is 23.6 Å². The summed E-state index contributed by atoms with van der Waals surface area (Å²) in [4.78, 5) is 140. The maximum Gasteiger partial charge on any atom is 0.415 e. The van der Waals surface area contributed by atoms with Crippen LogP contribution < -0.4 is 42.0 Å². The number of aliphatic hydroxyl groups excluding tert-OH is 2. The Kier molecular flexibility index (Phi) is 23.3. The van der Waals surface area contributed by atoms with E-state index in [1.54, 1.807) is 84.1 Å². The summed E-state index contributed by atoms with van der Waals surface area (Å²) in [7, 11) is 1.48. The number of imide groups is 1. The molecule has 4 heterocycles. The Balaban J connectivity index is 0.886. The number of halogens is 1. The molecule has 8 rings (SSSR count). The van der Waals surface area contributed by atoms with Crippen LogP contribution in [0.5, 0.6) is 5.75 Å². The second kappa shape index (κ2) is 31.6. The van der Waals surface area contributed by atoms with Crippen LogP contribution in [-0.2, 0) is 44.8 Å². The molecule has 1 aliphatic carbocycles. The van der Waals surface area contributed by atoms with Gasteiger partial charge in [0.15, 0.2) is 0 Å². The minimum absolute atomic E-state index is 0.00215. The number of allylic oxidation sites excluding steroid dienone is 3. The third kappa shape index (κ3) is 17.5. The predicted molar refractivity (Wildman–Crippen MR) is 337 cm³/mol. The fourth-order valence-electron chi connectivity index (χ4n) is 10.4. The van der Waals surface area contributed by atoms with Crippen LogP contribution in [0.4, 0.5) is 36.2 Å². The van der Waals surface area contributed by atoms with E-state index in [2.05, 4.69) is 31.6 Å². The van der Waals surface area contributed by atoms with Crippen molar-refractivity contribution in [1.82, 2.24) is 40.0 Å². The maximum absolute atomic E-state index is 14.6. The number of ether oxygens (including phenoxy) is 4. The number of alkyl halides is 1. The Hall–Kier alpha value is -10.1. The number of carbonyl (C=O) groups is 10. The van der Waals surface area contributed by atoms with E-state index in [1.807, 2.05) is 25.1 Å². The zero-order chi connectivity index (χ0) is 66.2. The molecule has 9 N–H and O–H groups in total. The zero-order valence-electron chi connectivity index (χ0n) is 51.1. The molecule has 0 radical (unpaired) electrons. The molecule has 11 amide bonds. The maximum atomic E-state index is 14.6. The number of alkyl carbamates (subject to hydrolysis) is 1. The van der Waals surface area contributed by atoms with Crippen molar-refractivity contribution in [3.8, 4) is 5.75 Å². The molecule has 92 heavy (non-hydrogen) atoms. The van der Waals surface area contributed by atoms with Gasteiger partial charge in [-0.2, -0.15) is 0 Å². The number of nitrogens with two attached hydrogens (primary N) is 1. The average molecular weight is 1290 g/mol. The van der Waals surface area contributed by atoms with E-state index in [4.69, 9.17) is 36.3 Å². The van der Waals surface area contributed by atoms with Crippen LogP contribution in [0, 0.1) is 12.8 Å². The van der Waals surface area contributed by atoms with Gasteiger partial charge in [-0.05, 0) is 84.5 Å². The molecule has 488 valence electrons. The number of likely N-dealkylation sites (N-methyl/N-ethyl adjacent to an activating group) is 1. The number of hydrogen-bond donors (Lipinski definition) is 8. The summed E-state index contributed by atoms with van der Waals surface area (Å²) in [6.45, 7) is 4.41. The molecule has 3 aliphatic rings. The first-order chi connectivity index (χ1) is 44.1. The number of rotatable bonds is 28. The number of aryl methyl sites for hydroxylation is 1. The van der Waals surface area contributed by atoms with Crippen molar-refractivity contribution in [2.75, 3.05) is 94.2 Å². The summed E-state index contributed by atoms with van der Waals surface area (Å²) in [5.41, 5.74) is 9.67. The number of aromatic nitrogens is 2. The normalized spacial score (nSPS) is 14.9. The summed E-state index contributed by atoms with van der Waals surface area (Å²) in [5.74, 6) is -3.53. The molecule has 0 bridgehead atoms. The highest BCUT2D eigenvalue weighted by Gasteiger charge is 2.38. The minimum Gasteiger partial charge on any atom is -0.512 e. The van der Waals surface area contributed by atoms with E-state index >= 15 is 0 Å².